The first kappa shape index (κ1) is 19.7. The van der Waals surface area contributed by atoms with Crippen LogP contribution >= 0.6 is 11.6 Å². The Morgan fingerprint density at radius 3 is 2.76 bits per heavy atom. The number of carbonyl (C=O) groups excluding carboxylic acids is 1. The maximum absolute atomic E-state index is 12.9. The van der Waals surface area contributed by atoms with E-state index in [1.54, 1.807) is 19.2 Å². The molecule has 1 unspecified atom stereocenters. The van der Waals surface area contributed by atoms with Crippen molar-refractivity contribution in [3.05, 3.63) is 70.9 Å². The van der Waals surface area contributed by atoms with Crippen molar-refractivity contribution >= 4 is 28.4 Å². The van der Waals surface area contributed by atoms with Gasteiger partial charge in [-0.3, -0.25) is 9.69 Å². The summed E-state index contributed by atoms with van der Waals surface area (Å²) in [5.41, 5.74) is 2.49. The third kappa shape index (κ3) is 4.36. The Morgan fingerprint density at radius 2 is 1.97 bits per heavy atom. The molecule has 0 spiro atoms. The maximum atomic E-state index is 12.9. The van der Waals surface area contributed by atoms with Gasteiger partial charge in [0.2, 0.25) is 0 Å². The number of halogens is 1. The predicted octanol–water partition coefficient (Wildman–Crippen LogP) is 4.46. The van der Waals surface area contributed by atoms with Crippen LogP contribution in [0.2, 0.25) is 5.15 Å². The minimum Gasteiger partial charge on any atom is -0.496 e. The number of nitrogens with zero attached hydrogens (tertiary/aromatic N) is 2. The second-order valence-corrected chi connectivity index (χ2v) is 7.64. The number of hydrogen-bond donors (Lipinski definition) is 1. The van der Waals surface area contributed by atoms with Crippen molar-refractivity contribution in [3.63, 3.8) is 0 Å². The number of likely N-dealkylation sites (tertiary alicyclic amines) is 1. The number of rotatable bonds is 6. The molecule has 0 bridgehead atoms. The van der Waals surface area contributed by atoms with Crippen molar-refractivity contribution in [2.45, 2.75) is 18.9 Å². The largest absolute Gasteiger partial charge is 0.496 e. The van der Waals surface area contributed by atoms with Crippen LogP contribution in [0.15, 0.2) is 54.6 Å². The predicted molar refractivity (Wildman–Crippen MR) is 116 cm³/mol. The SMILES string of the molecule is COc1ccccc1C(CNC(=O)c1ccc2nc(Cl)ccc2c1)N1CCCC1. The molecular weight excluding hydrogens is 386 g/mol. The first-order valence-corrected chi connectivity index (χ1v) is 10.2. The molecule has 1 aliphatic rings. The van der Waals surface area contributed by atoms with Gasteiger partial charge >= 0.3 is 0 Å². The summed E-state index contributed by atoms with van der Waals surface area (Å²) in [4.78, 5) is 19.5. The molecule has 1 atom stereocenters. The normalized spacial score (nSPS) is 15.4. The average molecular weight is 410 g/mol. The Bertz CT molecular complexity index is 1020. The lowest BCUT2D eigenvalue weighted by Gasteiger charge is -2.29. The second-order valence-electron chi connectivity index (χ2n) is 7.25. The molecule has 0 radical (unpaired) electrons. The van der Waals surface area contributed by atoms with E-state index in [9.17, 15) is 4.79 Å². The van der Waals surface area contributed by atoms with Crippen LogP contribution in [0, 0.1) is 0 Å². The van der Waals surface area contributed by atoms with E-state index >= 15 is 0 Å². The van der Waals surface area contributed by atoms with E-state index in [-0.39, 0.29) is 11.9 Å². The van der Waals surface area contributed by atoms with Gasteiger partial charge < -0.3 is 10.1 Å². The van der Waals surface area contributed by atoms with Gasteiger partial charge in [0, 0.05) is 23.1 Å². The van der Waals surface area contributed by atoms with E-state index in [0.29, 0.717) is 17.3 Å². The first-order chi connectivity index (χ1) is 14.2. The Labute approximate surface area is 175 Å². The fraction of sp³-hybridized carbons (Fsp3) is 0.304. The fourth-order valence-electron chi connectivity index (χ4n) is 3.96. The molecule has 1 N–H and O–H groups in total. The zero-order valence-electron chi connectivity index (χ0n) is 16.4. The van der Waals surface area contributed by atoms with E-state index in [4.69, 9.17) is 16.3 Å². The molecule has 1 fully saturated rings. The van der Waals surface area contributed by atoms with Crippen molar-refractivity contribution in [1.29, 1.82) is 0 Å². The minimum atomic E-state index is -0.0963. The van der Waals surface area contributed by atoms with Gasteiger partial charge in [0.25, 0.3) is 5.91 Å². The Kier molecular flexibility index (Phi) is 5.97. The molecule has 2 aromatic carbocycles. The van der Waals surface area contributed by atoms with Gasteiger partial charge in [0.1, 0.15) is 10.9 Å². The molecule has 1 amide bonds. The van der Waals surface area contributed by atoms with E-state index in [1.807, 2.05) is 36.4 Å². The standard InChI is InChI=1S/C23H24ClN3O2/c1-29-21-7-3-2-6-18(21)20(27-12-4-5-13-27)15-25-23(28)17-8-10-19-16(14-17)9-11-22(24)26-19/h2-3,6-11,14,20H,4-5,12-13,15H2,1H3,(H,25,28). The smallest absolute Gasteiger partial charge is 0.251 e. The number of para-hydroxylation sites is 1. The molecule has 1 saturated heterocycles. The molecular formula is C23H24ClN3O2. The van der Waals surface area contributed by atoms with Gasteiger partial charge in [0.15, 0.2) is 0 Å². The number of hydrogen-bond acceptors (Lipinski definition) is 4. The van der Waals surface area contributed by atoms with Crippen LogP contribution in [0.25, 0.3) is 10.9 Å². The van der Waals surface area contributed by atoms with Gasteiger partial charge in [-0.05, 0) is 62.3 Å². The molecule has 2 heterocycles. The van der Waals surface area contributed by atoms with Crippen LogP contribution < -0.4 is 10.1 Å². The molecule has 6 heteroatoms. The monoisotopic (exact) mass is 409 g/mol. The zero-order chi connectivity index (χ0) is 20.2. The maximum Gasteiger partial charge on any atom is 0.251 e. The summed E-state index contributed by atoms with van der Waals surface area (Å²) in [6, 6.07) is 17.2. The highest BCUT2D eigenvalue weighted by Gasteiger charge is 2.26. The van der Waals surface area contributed by atoms with Crippen LogP contribution in [-0.4, -0.2) is 42.5 Å². The molecule has 3 aromatic rings. The Balaban J connectivity index is 1.54. The van der Waals surface area contributed by atoms with E-state index in [1.165, 1.54) is 12.8 Å². The van der Waals surface area contributed by atoms with Crippen molar-refractivity contribution in [2.75, 3.05) is 26.7 Å². The van der Waals surface area contributed by atoms with Crippen LogP contribution in [0.5, 0.6) is 5.75 Å². The van der Waals surface area contributed by atoms with Crippen molar-refractivity contribution in [2.24, 2.45) is 0 Å². The number of amides is 1. The highest BCUT2D eigenvalue weighted by molar-refractivity contribution is 6.29. The highest BCUT2D eigenvalue weighted by Crippen LogP contribution is 2.31. The van der Waals surface area contributed by atoms with E-state index in [2.05, 4.69) is 21.3 Å². The average Bonchev–Trinajstić information content (AvgIpc) is 3.28. The number of ether oxygens (including phenoxy) is 1. The minimum absolute atomic E-state index is 0.0820. The fourth-order valence-corrected chi connectivity index (χ4v) is 4.12. The van der Waals surface area contributed by atoms with E-state index < -0.39 is 0 Å². The Hall–Kier alpha value is -2.63. The lowest BCUT2D eigenvalue weighted by molar-refractivity contribution is 0.0937. The second kappa shape index (κ2) is 8.80. The molecule has 5 nitrogen and oxygen atoms in total. The number of pyridine rings is 1. The molecule has 150 valence electrons. The molecule has 4 rings (SSSR count). The van der Waals surface area contributed by atoms with E-state index in [0.717, 1.165) is 35.3 Å². The van der Waals surface area contributed by atoms with Crippen molar-refractivity contribution in [3.8, 4) is 5.75 Å². The summed E-state index contributed by atoms with van der Waals surface area (Å²) in [6.45, 7) is 2.58. The third-order valence-electron chi connectivity index (χ3n) is 5.45. The van der Waals surface area contributed by atoms with Crippen molar-refractivity contribution < 1.29 is 9.53 Å². The highest BCUT2D eigenvalue weighted by atomic mass is 35.5. The van der Waals surface area contributed by atoms with Crippen LogP contribution in [0.3, 0.4) is 0 Å². The summed E-state index contributed by atoms with van der Waals surface area (Å²) in [5.74, 6) is 0.758. The number of carbonyl (C=O) groups is 1. The molecule has 0 saturated carbocycles. The zero-order valence-corrected chi connectivity index (χ0v) is 17.2. The summed E-state index contributed by atoms with van der Waals surface area (Å²) < 4.78 is 5.58. The molecule has 1 aliphatic heterocycles. The van der Waals surface area contributed by atoms with Crippen molar-refractivity contribution in [1.82, 2.24) is 15.2 Å². The lowest BCUT2D eigenvalue weighted by atomic mass is 10.0. The third-order valence-corrected chi connectivity index (χ3v) is 5.66. The quantitative estimate of drug-likeness (QED) is 0.610. The summed E-state index contributed by atoms with van der Waals surface area (Å²) >= 11 is 5.95. The van der Waals surface area contributed by atoms with Crippen LogP contribution in [-0.2, 0) is 0 Å². The summed E-state index contributed by atoms with van der Waals surface area (Å²) in [5, 5.41) is 4.46. The number of fused-ring (bicyclic) bond motifs is 1. The number of methoxy groups -OCH3 is 1. The van der Waals surface area contributed by atoms with Gasteiger partial charge in [-0.15, -0.1) is 0 Å². The number of benzene rings is 2. The Morgan fingerprint density at radius 1 is 1.17 bits per heavy atom. The number of aromatic nitrogens is 1. The first-order valence-electron chi connectivity index (χ1n) is 9.87. The van der Waals surface area contributed by atoms with Gasteiger partial charge in [0.05, 0.1) is 18.7 Å². The van der Waals surface area contributed by atoms with Gasteiger partial charge in [-0.25, -0.2) is 4.98 Å². The molecule has 29 heavy (non-hydrogen) atoms. The summed E-state index contributed by atoms with van der Waals surface area (Å²) in [6.07, 6.45) is 2.36. The van der Waals surface area contributed by atoms with Crippen LogP contribution in [0.4, 0.5) is 0 Å². The van der Waals surface area contributed by atoms with Gasteiger partial charge in [-0.1, -0.05) is 29.8 Å². The molecule has 0 aliphatic carbocycles. The van der Waals surface area contributed by atoms with Crippen LogP contribution in [0.1, 0.15) is 34.8 Å². The molecule has 1 aromatic heterocycles. The summed E-state index contributed by atoms with van der Waals surface area (Å²) in [7, 11) is 1.69. The lowest BCUT2D eigenvalue weighted by Crippen LogP contribution is -2.37. The topological polar surface area (TPSA) is 54.5 Å². The van der Waals surface area contributed by atoms with Gasteiger partial charge in [-0.2, -0.15) is 0 Å². The number of nitrogens with one attached hydrogen (secondary N) is 1.